The van der Waals surface area contributed by atoms with Gasteiger partial charge in [0.2, 0.25) is 5.70 Å². The summed E-state index contributed by atoms with van der Waals surface area (Å²) in [5.41, 5.74) is 6.17. The molecule has 1 aliphatic carbocycles. The molecule has 0 N–H and O–H groups in total. The first-order chi connectivity index (χ1) is 24.9. The third-order valence-electron chi connectivity index (χ3n) is 11.4. The van der Waals surface area contributed by atoms with Crippen molar-refractivity contribution in [3.63, 3.8) is 0 Å². The van der Waals surface area contributed by atoms with E-state index in [1.54, 1.807) is 0 Å². The van der Waals surface area contributed by atoms with E-state index in [1.807, 2.05) is 38.1 Å². The van der Waals surface area contributed by atoms with Crippen molar-refractivity contribution in [2.24, 2.45) is 5.41 Å². The van der Waals surface area contributed by atoms with Crippen molar-refractivity contribution in [1.29, 1.82) is 10.5 Å². The first-order valence-electron chi connectivity index (χ1n) is 19.1. The summed E-state index contributed by atoms with van der Waals surface area (Å²) in [6.45, 7) is 42.5. The van der Waals surface area contributed by atoms with Gasteiger partial charge in [0, 0.05) is 28.4 Å². The summed E-state index contributed by atoms with van der Waals surface area (Å²) in [6, 6.07) is 12.8. The summed E-state index contributed by atoms with van der Waals surface area (Å²) in [7, 11) is -3.70. The number of nitrogens with zero attached hydrogens (tertiary/aromatic N) is 4. The van der Waals surface area contributed by atoms with E-state index < -0.39 is 21.4 Å². The van der Waals surface area contributed by atoms with Gasteiger partial charge in [-0.1, -0.05) is 104 Å². The van der Waals surface area contributed by atoms with Gasteiger partial charge in [-0.2, -0.15) is 10.5 Å². The molecule has 6 nitrogen and oxygen atoms in total. The highest BCUT2D eigenvalue weighted by atomic mass is 32.2. The van der Waals surface area contributed by atoms with E-state index in [-0.39, 0.29) is 21.1 Å². The largest absolute Gasteiger partial charge is 0.415 e. The highest BCUT2D eigenvalue weighted by Crippen LogP contribution is 2.52. The molecule has 0 unspecified atom stereocenters. The Labute approximate surface area is 334 Å². The number of thioether (sulfide) groups is 1. The lowest BCUT2D eigenvalue weighted by Crippen LogP contribution is -2.44. The molecular weight excluding hydrogens is 717 g/mol. The zero-order valence-electron chi connectivity index (χ0n) is 35.5. The van der Waals surface area contributed by atoms with E-state index in [2.05, 4.69) is 140 Å². The third-order valence-corrected chi connectivity index (χ3v) is 21.8. The van der Waals surface area contributed by atoms with E-state index in [9.17, 15) is 10.5 Å². The Morgan fingerprint density at radius 3 is 1.89 bits per heavy atom. The molecule has 0 saturated heterocycles. The van der Waals surface area contributed by atoms with Gasteiger partial charge in [-0.05, 0) is 103 Å². The number of rotatable bonds is 13. The van der Waals surface area contributed by atoms with E-state index in [1.165, 1.54) is 28.6 Å². The molecule has 1 heterocycles. The van der Waals surface area contributed by atoms with E-state index >= 15 is 0 Å². The Morgan fingerprint density at radius 2 is 1.41 bits per heavy atom. The van der Waals surface area contributed by atoms with Crippen LogP contribution >= 0.6 is 11.8 Å². The number of hydrogen-bond acceptors (Lipinski definition) is 6. The summed E-state index contributed by atoms with van der Waals surface area (Å²) >= 11 is 1.41. The van der Waals surface area contributed by atoms with Crippen molar-refractivity contribution >= 4 is 40.2 Å². The van der Waals surface area contributed by atoms with Gasteiger partial charge in [0.1, 0.15) is 17.7 Å². The van der Waals surface area contributed by atoms with Crippen molar-refractivity contribution in [2.75, 3.05) is 31.2 Å². The predicted octanol–water partition coefficient (Wildman–Crippen LogP) is 12.8. The molecule has 3 rings (SSSR count). The fourth-order valence-corrected chi connectivity index (χ4v) is 9.37. The van der Waals surface area contributed by atoms with Crippen LogP contribution in [0.1, 0.15) is 87.6 Å². The standard InChI is InChI=1S/C45H64N4O2SSi2/c1-42(2,3)53(12,13)50-27-25-49(26-28-51-54(14,15)43(4,5)6)38-23-21-34(22-24-38)19-20-36-29-35(30-44(7,8)31-36)17-16-18-39-40(48-11)41(37(32-46)33-47)52-45(39,9)10/h16-24,29H,25-28,30-31H2,1-10,12-15H3. The van der Waals surface area contributed by atoms with Gasteiger partial charge in [-0.15, -0.1) is 11.8 Å². The summed E-state index contributed by atoms with van der Waals surface area (Å²) in [5.74, 6) is 0. The Hall–Kier alpha value is -3.37. The van der Waals surface area contributed by atoms with Crippen LogP contribution < -0.4 is 4.90 Å². The summed E-state index contributed by atoms with van der Waals surface area (Å²) in [6.07, 6.45) is 14.8. The van der Waals surface area contributed by atoms with Crippen molar-refractivity contribution < 1.29 is 8.85 Å². The highest BCUT2D eigenvalue weighted by Gasteiger charge is 2.39. The minimum Gasteiger partial charge on any atom is -0.415 e. The normalized spacial score (nSPS) is 18.5. The quantitative estimate of drug-likeness (QED) is 0.113. The van der Waals surface area contributed by atoms with Crippen LogP contribution in [-0.4, -0.2) is 47.7 Å². The topological polar surface area (TPSA) is 73.6 Å². The first-order valence-corrected chi connectivity index (χ1v) is 25.7. The Kier molecular flexibility index (Phi) is 14.7. The monoisotopic (exact) mass is 780 g/mol. The van der Waals surface area contributed by atoms with Crippen LogP contribution in [0, 0.1) is 34.6 Å². The molecule has 0 radical (unpaired) electrons. The molecule has 0 fully saturated rings. The van der Waals surface area contributed by atoms with Crippen LogP contribution in [0.15, 0.2) is 87.5 Å². The molecule has 0 aromatic heterocycles. The van der Waals surface area contributed by atoms with Gasteiger partial charge < -0.3 is 13.8 Å². The van der Waals surface area contributed by atoms with E-state index in [4.69, 9.17) is 15.4 Å². The average Bonchev–Trinajstić information content (AvgIpc) is 3.30. The summed E-state index contributed by atoms with van der Waals surface area (Å²) < 4.78 is 12.8. The molecule has 1 aromatic carbocycles. The maximum Gasteiger partial charge on any atom is 0.207 e. The van der Waals surface area contributed by atoms with Crippen LogP contribution in [0.3, 0.4) is 0 Å². The number of nitriles is 2. The average molecular weight is 781 g/mol. The SMILES string of the molecule is [C-]#[N+]C1=C(C=CC=C2C=C(C=Cc3ccc(N(CCO[Si](C)(C)C(C)(C)C)CCO[Si](C)(C)C(C)(C)C)cc3)CC(C)(C)C2)C(C)(C)SC1=C(C#N)C#N. The summed E-state index contributed by atoms with van der Waals surface area (Å²) in [4.78, 5) is 6.63. The molecule has 2 aliphatic rings. The second kappa shape index (κ2) is 17.6. The zero-order chi connectivity index (χ0) is 40.8. The number of anilines is 1. The molecule has 0 spiro atoms. The molecule has 0 atom stereocenters. The fraction of sp³-hybridized carbons (Fsp3) is 0.533. The number of allylic oxidation sites excluding steroid dienone is 8. The molecular formula is C45H64N4O2SSi2. The van der Waals surface area contributed by atoms with Gasteiger partial charge in [0.05, 0.1) is 19.8 Å². The van der Waals surface area contributed by atoms with E-state index in [0.717, 1.165) is 37.1 Å². The second-order valence-electron chi connectivity index (χ2n) is 18.9. The lowest BCUT2D eigenvalue weighted by atomic mass is 9.75. The van der Waals surface area contributed by atoms with Crippen LogP contribution in [-0.2, 0) is 8.85 Å². The molecule has 54 heavy (non-hydrogen) atoms. The Morgan fingerprint density at radius 1 is 0.870 bits per heavy atom. The molecule has 0 saturated carbocycles. The number of benzene rings is 1. The fourth-order valence-electron chi connectivity index (χ4n) is 6.07. The Balaban J connectivity index is 1.82. The van der Waals surface area contributed by atoms with Crippen LogP contribution in [0.4, 0.5) is 5.69 Å². The van der Waals surface area contributed by atoms with Gasteiger partial charge >= 0.3 is 0 Å². The number of hydrogen-bond donors (Lipinski definition) is 0. The Bertz CT molecular complexity index is 1790. The smallest absolute Gasteiger partial charge is 0.207 e. The predicted molar refractivity (Wildman–Crippen MR) is 236 cm³/mol. The van der Waals surface area contributed by atoms with Gasteiger partial charge in [-0.25, -0.2) is 4.85 Å². The van der Waals surface area contributed by atoms with Gasteiger partial charge in [0.15, 0.2) is 16.6 Å². The maximum atomic E-state index is 9.45. The molecule has 290 valence electrons. The minimum atomic E-state index is -1.85. The van der Waals surface area contributed by atoms with E-state index in [0.29, 0.717) is 23.8 Å². The molecule has 9 heteroatoms. The maximum absolute atomic E-state index is 9.45. The van der Waals surface area contributed by atoms with Crippen molar-refractivity contribution in [2.45, 2.75) is 123 Å². The molecule has 0 amide bonds. The molecule has 1 aromatic rings. The zero-order valence-corrected chi connectivity index (χ0v) is 38.3. The third kappa shape index (κ3) is 11.8. The van der Waals surface area contributed by atoms with Crippen LogP contribution in [0.25, 0.3) is 10.9 Å². The van der Waals surface area contributed by atoms with Gasteiger partial charge in [-0.3, -0.25) is 0 Å². The lowest BCUT2D eigenvalue weighted by Gasteiger charge is -2.38. The molecule has 1 aliphatic heterocycles. The first kappa shape index (κ1) is 45.0. The van der Waals surface area contributed by atoms with Gasteiger partial charge in [0.25, 0.3) is 0 Å². The summed E-state index contributed by atoms with van der Waals surface area (Å²) in [5, 5.41) is 19.2. The highest BCUT2D eigenvalue weighted by molar-refractivity contribution is 8.05. The van der Waals surface area contributed by atoms with Crippen LogP contribution in [0.2, 0.25) is 36.3 Å². The minimum absolute atomic E-state index is 0.000398. The van der Waals surface area contributed by atoms with Crippen molar-refractivity contribution in [3.05, 3.63) is 105 Å². The van der Waals surface area contributed by atoms with Crippen molar-refractivity contribution in [3.8, 4) is 12.1 Å². The van der Waals surface area contributed by atoms with Crippen LogP contribution in [0.5, 0.6) is 0 Å². The lowest BCUT2D eigenvalue weighted by molar-refractivity contribution is 0.276. The van der Waals surface area contributed by atoms with Crippen molar-refractivity contribution in [1.82, 2.24) is 0 Å². The molecule has 0 bridgehead atoms. The second-order valence-corrected chi connectivity index (χ2v) is 30.1.